The van der Waals surface area contributed by atoms with Gasteiger partial charge < -0.3 is 16.9 Å². The van der Waals surface area contributed by atoms with Crippen molar-refractivity contribution in [1.29, 1.82) is 0 Å². The highest BCUT2D eigenvalue weighted by atomic mass is 16.1. The van der Waals surface area contributed by atoms with Crippen LogP contribution in [0.15, 0.2) is 4.79 Å². The summed E-state index contributed by atoms with van der Waals surface area (Å²) in [7, 11) is 0. The molecule has 1 rings (SSSR count). The van der Waals surface area contributed by atoms with Crippen LogP contribution in [0.1, 0.15) is 0 Å². The number of rotatable bonds is 1. The first-order chi connectivity index (χ1) is 5.15. The maximum absolute atomic E-state index is 10.9. The Morgan fingerprint density at radius 2 is 2.09 bits per heavy atom. The van der Waals surface area contributed by atoms with Crippen LogP contribution >= 0.6 is 0 Å². The largest absolute Gasteiger partial charge is 0.382 e. The van der Waals surface area contributed by atoms with Crippen LogP contribution in [0.3, 0.4) is 0 Å². The molecule has 0 amide bonds. The van der Waals surface area contributed by atoms with E-state index >= 15 is 0 Å². The number of nitrogens with one attached hydrogen (secondary N) is 2. The molecular weight excluding hydrogens is 148 g/mol. The van der Waals surface area contributed by atoms with E-state index < -0.39 is 5.56 Å². The monoisotopic (exact) mass is 156 g/mol. The lowest BCUT2D eigenvalue weighted by molar-refractivity contribution is 1.13. The zero-order chi connectivity index (χ0) is 8.43. The Morgan fingerprint density at radius 3 is 2.55 bits per heavy atom. The second-order valence-corrected chi connectivity index (χ2v) is 1.86. The molecule has 0 spiro atoms. The molecule has 1 aromatic heterocycles. The van der Waals surface area contributed by atoms with E-state index in [-0.39, 0.29) is 17.5 Å². The van der Waals surface area contributed by atoms with Gasteiger partial charge in [-0.05, 0) is 0 Å². The van der Waals surface area contributed by atoms with Gasteiger partial charge in [0, 0.05) is 0 Å². The molecule has 0 aliphatic carbocycles. The molecule has 11 heavy (non-hydrogen) atoms. The lowest BCUT2D eigenvalue weighted by Crippen LogP contribution is -2.22. The molecule has 0 unspecified atom stereocenters. The van der Waals surface area contributed by atoms with Crippen LogP contribution in [0, 0.1) is 0 Å². The first-order valence-corrected chi connectivity index (χ1v) is 2.77. The molecule has 0 bridgehead atoms. The Balaban J connectivity index is 3.37. The highest BCUT2D eigenvalue weighted by Crippen LogP contribution is 2.06. The predicted octanol–water partition coefficient (Wildman–Crippen LogP) is -1.78. The fraction of sp³-hybridized carbons (Fsp3) is 0. The lowest BCUT2D eigenvalue weighted by Gasteiger charge is -2.01. The van der Waals surface area contributed by atoms with Gasteiger partial charge in [-0.3, -0.25) is 15.6 Å². The third-order valence-corrected chi connectivity index (χ3v) is 1.11. The minimum absolute atomic E-state index is 0.0131. The summed E-state index contributed by atoms with van der Waals surface area (Å²) in [5.41, 5.74) is 12.1. The summed E-state index contributed by atoms with van der Waals surface area (Å²) in [5, 5.41) is 0. The van der Waals surface area contributed by atoms with E-state index in [1.165, 1.54) is 0 Å². The zero-order valence-corrected chi connectivity index (χ0v) is 5.59. The van der Waals surface area contributed by atoms with Gasteiger partial charge in [0.1, 0.15) is 0 Å². The molecule has 0 saturated heterocycles. The van der Waals surface area contributed by atoms with E-state index in [1.54, 1.807) is 0 Å². The van der Waals surface area contributed by atoms with Gasteiger partial charge in [-0.2, -0.15) is 4.98 Å². The highest BCUT2D eigenvalue weighted by molar-refractivity contribution is 5.60. The van der Waals surface area contributed by atoms with Crippen LogP contribution in [-0.2, 0) is 0 Å². The quantitative estimate of drug-likeness (QED) is 0.241. The summed E-state index contributed by atoms with van der Waals surface area (Å²) in [6.07, 6.45) is 0. The van der Waals surface area contributed by atoms with Crippen LogP contribution in [0.25, 0.3) is 0 Å². The molecule has 0 radical (unpaired) electrons. The number of aromatic amines is 1. The molecule has 0 fully saturated rings. The van der Waals surface area contributed by atoms with Crippen molar-refractivity contribution < 1.29 is 0 Å². The fourth-order valence-corrected chi connectivity index (χ4v) is 0.648. The molecule has 7 nitrogen and oxygen atoms in total. The van der Waals surface area contributed by atoms with Gasteiger partial charge in [-0.1, -0.05) is 0 Å². The summed E-state index contributed by atoms with van der Waals surface area (Å²) < 4.78 is 0. The number of hydrazine groups is 1. The van der Waals surface area contributed by atoms with Crippen molar-refractivity contribution in [2.24, 2.45) is 5.84 Å². The number of nitrogens with two attached hydrogens (primary N) is 3. The minimum atomic E-state index is -0.488. The molecule has 1 heterocycles. The van der Waals surface area contributed by atoms with Gasteiger partial charge in [0.25, 0.3) is 5.56 Å². The first kappa shape index (κ1) is 7.35. The van der Waals surface area contributed by atoms with Crippen molar-refractivity contribution >= 4 is 17.5 Å². The van der Waals surface area contributed by atoms with E-state index in [0.29, 0.717) is 0 Å². The Labute approximate surface area is 61.6 Å². The standard InChI is InChI=1S/C4H8N6O/c5-2-1(10-7)3(11)9-4(6)8-2/h10H,7H2,(H5,5,6,8,9,11). The van der Waals surface area contributed by atoms with Crippen molar-refractivity contribution in [2.45, 2.75) is 0 Å². The molecule has 8 N–H and O–H groups in total. The minimum Gasteiger partial charge on any atom is -0.382 e. The SMILES string of the molecule is NNc1c(N)nc(N)[nH]c1=O. The zero-order valence-electron chi connectivity index (χ0n) is 5.59. The van der Waals surface area contributed by atoms with E-state index in [4.69, 9.17) is 17.3 Å². The predicted molar refractivity (Wildman–Crippen MR) is 41.5 cm³/mol. The van der Waals surface area contributed by atoms with Gasteiger partial charge in [0.15, 0.2) is 11.5 Å². The third-order valence-electron chi connectivity index (χ3n) is 1.11. The molecule has 60 valence electrons. The molecule has 0 atom stereocenters. The molecule has 0 aliphatic rings. The van der Waals surface area contributed by atoms with Crippen LogP contribution in [0.4, 0.5) is 17.5 Å². The number of hydrogen-bond donors (Lipinski definition) is 5. The summed E-state index contributed by atoms with van der Waals surface area (Å²) in [4.78, 5) is 16.7. The Bertz CT molecular complexity index is 317. The molecule has 1 aromatic rings. The van der Waals surface area contributed by atoms with Crippen molar-refractivity contribution in [3.8, 4) is 0 Å². The number of aromatic nitrogens is 2. The molecular formula is C4H8N6O. The van der Waals surface area contributed by atoms with E-state index in [0.717, 1.165) is 0 Å². The summed E-state index contributed by atoms with van der Waals surface area (Å²) in [6, 6.07) is 0. The highest BCUT2D eigenvalue weighted by Gasteiger charge is 2.03. The van der Waals surface area contributed by atoms with Gasteiger partial charge in [-0.15, -0.1) is 0 Å². The Hall–Kier alpha value is -1.76. The van der Waals surface area contributed by atoms with Crippen molar-refractivity contribution in [3.05, 3.63) is 10.4 Å². The summed E-state index contributed by atoms with van der Waals surface area (Å²) in [5.74, 6) is 4.92. The van der Waals surface area contributed by atoms with Gasteiger partial charge in [0.2, 0.25) is 5.95 Å². The average molecular weight is 156 g/mol. The van der Waals surface area contributed by atoms with Gasteiger partial charge in [-0.25, -0.2) is 0 Å². The van der Waals surface area contributed by atoms with Gasteiger partial charge in [0.05, 0.1) is 0 Å². The fourth-order valence-electron chi connectivity index (χ4n) is 0.648. The number of H-pyrrole nitrogens is 1. The van der Waals surface area contributed by atoms with Crippen molar-refractivity contribution in [1.82, 2.24) is 9.97 Å². The average Bonchev–Trinajstić information content (AvgIpc) is 1.85. The van der Waals surface area contributed by atoms with Crippen molar-refractivity contribution in [3.63, 3.8) is 0 Å². The second kappa shape index (κ2) is 2.46. The molecule has 7 heteroatoms. The van der Waals surface area contributed by atoms with Crippen molar-refractivity contribution in [2.75, 3.05) is 16.9 Å². The number of nitrogens with zero attached hydrogens (tertiary/aromatic N) is 1. The maximum Gasteiger partial charge on any atom is 0.279 e. The molecule has 0 aromatic carbocycles. The van der Waals surface area contributed by atoms with E-state index in [2.05, 4.69) is 15.4 Å². The maximum atomic E-state index is 10.9. The smallest absolute Gasteiger partial charge is 0.279 e. The Morgan fingerprint density at radius 1 is 1.45 bits per heavy atom. The lowest BCUT2D eigenvalue weighted by atomic mass is 10.5. The third kappa shape index (κ3) is 1.22. The van der Waals surface area contributed by atoms with Crippen LogP contribution in [0.2, 0.25) is 0 Å². The van der Waals surface area contributed by atoms with Crippen LogP contribution in [-0.4, -0.2) is 9.97 Å². The normalized spacial score (nSPS) is 9.55. The number of hydrogen-bond acceptors (Lipinski definition) is 6. The topological polar surface area (TPSA) is 136 Å². The van der Waals surface area contributed by atoms with E-state index in [9.17, 15) is 4.79 Å². The number of nitrogen functional groups attached to an aromatic ring is 3. The first-order valence-electron chi connectivity index (χ1n) is 2.77. The van der Waals surface area contributed by atoms with Gasteiger partial charge >= 0.3 is 0 Å². The molecule has 0 saturated carbocycles. The van der Waals surface area contributed by atoms with Crippen LogP contribution < -0.4 is 28.3 Å². The number of anilines is 3. The molecule has 0 aliphatic heterocycles. The van der Waals surface area contributed by atoms with Crippen LogP contribution in [0.5, 0.6) is 0 Å². The Kier molecular flexibility index (Phi) is 1.65. The summed E-state index contributed by atoms with van der Waals surface area (Å²) in [6.45, 7) is 0. The second-order valence-electron chi connectivity index (χ2n) is 1.86. The summed E-state index contributed by atoms with van der Waals surface area (Å²) >= 11 is 0. The van der Waals surface area contributed by atoms with E-state index in [1.807, 2.05) is 0 Å².